The maximum absolute atomic E-state index is 13.1. The Morgan fingerprint density at radius 1 is 1.18 bits per heavy atom. The van der Waals surface area contributed by atoms with Gasteiger partial charge in [-0.3, -0.25) is 14.5 Å². The molecule has 1 N–H and O–H groups in total. The Hall–Kier alpha value is -2.32. The van der Waals surface area contributed by atoms with Crippen LogP contribution in [0, 0.1) is 5.82 Å². The van der Waals surface area contributed by atoms with Crippen molar-refractivity contribution in [1.29, 1.82) is 0 Å². The van der Waals surface area contributed by atoms with Gasteiger partial charge in [-0.1, -0.05) is 28.1 Å². The van der Waals surface area contributed by atoms with Crippen molar-refractivity contribution in [2.45, 2.75) is 18.9 Å². The lowest BCUT2D eigenvalue weighted by molar-refractivity contribution is -0.130. The zero-order valence-electron chi connectivity index (χ0n) is 15.2. The van der Waals surface area contributed by atoms with Crippen LogP contribution in [0.4, 0.5) is 10.1 Å². The van der Waals surface area contributed by atoms with Crippen molar-refractivity contribution >= 4 is 50.8 Å². The number of halogens is 2. The number of hydrogen-bond donors (Lipinski definition) is 1. The van der Waals surface area contributed by atoms with Gasteiger partial charge in [-0.25, -0.2) is 4.39 Å². The molecular formula is C20H19BrFN3O2S. The first-order valence-corrected chi connectivity index (χ1v) is 9.93. The maximum atomic E-state index is 13.1. The number of carbonyl (C=O) groups is 2. The number of benzene rings is 2. The van der Waals surface area contributed by atoms with Gasteiger partial charge in [-0.05, 0) is 60.6 Å². The van der Waals surface area contributed by atoms with Gasteiger partial charge < -0.3 is 10.2 Å². The summed E-state index contributed by atoms with van der Waals surface area (Å²) in [6.07, 6.45) is 0.592. The van der Waals surface area contributed by atoms with E-state index in [1.54, 1.807) is 36.2 Å². The predicted molar refractivity (Wildman–Crippen MR) is 113 cm³/mol. The SMILES string of the molecule is CN1C(=O)C(CC(=O)Nc2ccc(Br)cc2)N(CCc2ccc(F)cc2)C1=S. The van der Waals surface area contributed by atoms with Gasteiger partial charge in [0, 0.05) is 23.8 Å². The normalized spacial score (nSPS) is 16.6. The molecule has 0 bridgehead atoms. The fraction of sp³-hybridized carbons (Fsp3) is 0.250. The Kier molecular flexibility index (Phi) is 6.41. The summed E-state index contributed by atoms with van der Waals surface area (Å²) in [5.41, 5.74) is 1.59. The highest BCUT2D eigenvalue weighted by Gasteiger charge is 2.41. The summed E-state index contributed by atoms with van der Waals surface area (Å²) >= 11 is 8.73. The van der Waals surface area contributed by atoms with E-state index in [1.807, 2.05) is 12.1 Å². The summed E-state index contributed by atoms with van der Waals surface area (Å²) in [6, 6.07) is 12.8. The van der Waals surface area contributed by atoms with Gasteiger partial charge in [0.05, 0.1) is 6.42 Å². The molecule has 2 aromatic rings. The topological polar surface area (TPSA) is 52.7 Å². The molecule has 1 heterocycles. The van der Waals surface area contributed by atoms with E-state index in [4.69, 9.17) is 12.2 Å². The number of amides is 2. The van der Waals surface area contributed by atoms with Crippen LogP contribution in [-0.4, -0.2) is 46.4 Å². The van der Waals surface area contributed by atoms with Crippen molar-refractivity contribution in [3.8, 4) is 0 Å². The molecule has 0 saturated carbocycles. The molecule has 3 rings (SSSR count). The Labute approximate surface area is 176 Å². The Morgan fingerprint density at radius 2 is 1.82 bits per heavy atom. The molecule has 146 valence electrons. The number of thiocarbonyl (C=S) groups is 1. The number of nitrogens with zero attached hydrogens (tertiary/aromatic N) is 2. The third kappa shape index (κ3) is 4.74. The van der Waals surface area contributed by atoms with Crippen LogP contribution in [0.2, 0.25) is 0 Å². The molecule has 0 spiro atoms. The third-order valence-corrected chi connectivity index (χ3v) is 5.62. The molecule has 1 aliphatic rings. The fourth-order valence-corrected chi connectivity index (χ4v) is 3.62. The van der Waals surface area contributed by atoms with Crippen LogP contribution in [0.1, 0.15) is 12.0 Å². The molecule has 1 atom stereocenters. The van der Waals surface area contributed by atoms with E-state index in [2.05, 4.69) is 21.2 Å². The number of hydrogen-bond acceptors (Lipinski definition) is 3. The monoisotopic (exact) mass is 463 g/mol. The molecule has 2 amide bonds. The zero-order chi connectivity index (χ0) is 20.3. The van der Waals surface area contributed by atoms with Gasteiger partial charge in [0.25, 0.3) is 5.91 Å². The second kappa shape index (κ2) is 8.79. The number of nitrogens with one attached hydrogen (secondary N) is 1. The lowest BCUT2D eigenvalue weighted by Gasteiger charge is -2.23. The van der Waals surface area contributed by atoms with Crippen LogP contribution in [0.15, 0.2) is 53.0 Å². The van der Waals surface area contributed by atoms with Crippen molar-refractivity contribution in [2.24, 2.45) is 0 Å². The Morgan fingerprint density at radius 3 is 2.46 bits per heavy atom. The number of likely N-dealkylation sites (N-methyl/N-ethyl adjacent to an activating group) is 1. The first-order chi connectivity index (χ1) is 13.3. The number of carbonyl (C=O) groups excluding carboxylic acids is 2. The number of rotatable bonds is 6. The smallest absolute Gasteiger partial charge is 0.251 e. The second-order valence-corrected chi connectivity index (χ2v) is 7.81. The largest absolute Gasteiger partial charge is 0.336 e. The first-order valence-electron chi connectivity index (χ1n) is 8.73. The molecule has 8 heteroatoms. The number of anilines is 1. The highest BCUT2D eigenvalue weighted by atomic mass is 79.9. The van der Waals surface area contributed by atoms with Gasteiger partial charge in [0.15, 0.2) is 5.11 Å². The second-order valence-electron chi connectivity index (χ2n) is 6.52. The lowest BCUT2D eigenvalue weighted by atomic mass is 10.1. The fourth-order valence-electron chi connectivity index (χ4n) is 3.05. The van der Waals surface area contributed by atoms with Gasteiger partial charge >= 0.3 is 0 Å². The van der Waals surface area contributed by atoms with E-state index in [9.17, 15) is 14.0 Å². The minimum atomic E-state index is -0.645. The van der Waals surface area contributed by atoms with E-state index in [-0.39, 0.29) is 24.1 Å². The Bertz CT molecular complexity index is 889. The average Bonchev–Trinajstić information content (AvgIpc) is 2.87. The van der Waals surface area contributed by atoms with Gasteiger partial charge in [0.1, 0.15) is 11.9 Å². The lowest BCUT2D eigenvalue weighted by Crippen LogP contribution is -2.39. The van der Waals surface area contributed by atoms with Gasteiger partial charge in [0.2, 0.25) is 5.91 Å². The molecule has 1 aliphatic heterocycles. The van der Waals surface area contributed by atoms with Crippen LogP contribution < -0.4 is 5.32 Å². The summed E-state index contributed by atoms with van der Waals surface area (Å²) in [7, 11) is 1.61. The molecular weight excluding hydrogens is 445 g/mol. The van der Waals surface area contributed by atoms with Crippen LogP contribution in [0.3, 0.4) is 0 Å². The van der Waals surface area contributed by atoms with Crippen molar-refractivity contribution in [3.63, 3.8) is 0 Å². The minimum Gasteiger partial charge on any atom is -0.336 e. The van der Waals surface area contributed by atoms with Gasteiger partial charge in [-0.15, -0.1) is 0 Å². The predicted octanol–water partition coefficient (Wildman–Crippen LogP) is 3.59. The summed E-state index contributed by atoms with van der Waals surface area (Å²) in [6.45, 7) is 0.469. The standard InChI is InChI=1S/C20H19BrFN3O2S/c1-24-19(27)17(12-18(26)23-16-8-4-14(21)5-9-16)25(20(24)28)11-10-13-2-6-15(22)7-3-13/h2-9,17H,10-12H2,1H3,(H,23,26). The molecule has 1 fully saturated rings. The summed E-state index contributed by atoms with van der Waals surface area (Å²) in [5, 5.41) is 3.20. The third-order valence-electron chi connectivity index (χ3n) is 4.59. The van der Waals surface area contributed by atoms with E-state index < -0.39 is 6.04 Å². The highest BCUT2D eigenvalue weighted by Crippen LogP contribution is 2.21. The maximum Gasteiger partial charge on any atom is 0.251 e. The molecule has 1 saturated heterocycles. The molecule has 28 heavy (non-hydrogen) atoms. The molecule has 0 aliphatic carbocycles. The molecule has 0 radical (unpaired) electrons. The van der Waals surface area contributed by atoms with Gasteiger partial charge in [-0.2, -0.15) is 0 Å². The highest BCUT2D eigenvalue weighted by molar-refractivity contribution is 9.10. The minimum absolute atomic E-state index is 0.00277. The van der Waals surface area contributed by atoms with Crippen LogP contribution >= 0.6 is 28.1 Å². The zero-order valence-corrected chi connectivity index (χ0v) is 17.6. The first kappa shape index (κ1) is 20.4. The molecule has 1 unspecified atom stereocenters. The van der Waals surface area contributed by atoms with E-state index in [1.165, 1.54) is 17.0 Å². The quantitative estimate of drug-likeness (QED) is 0.665. The van der Waals surface area contributed by atoms with Crippen molar-refractivity contribution in [1.82, 2.24) is 9.80 Å². The van der Waals surface area contributed by atoms with Crippen LogP contribution in [0.25, 0.3) is 0 Å². The molecule has 2 aromatic carbocycles. The molecule has 5 nitrogen and oxygen atoms in total. The molecule has 0 aromatic heterocycles. The van der Waals surface area contributed by atoms with E-state index >= 15 is 0 Å². The van der Waals surface area contributed by atoms with Crippen LogP contribution in [-0.2, 0) is 16.0 Å². The van der Waals surface area contributed by atoms with E-state index in [0.29, 0.717) is 23.8 Å². The average molecular weight is 464 g/mol. The van der Waals surface area contributed by atoms with Crippen molar-refractivity contribution < 1.29 is 14.0 Å². The van der Waals surface area contributed by atoms with Crippen molar-refractivity contribution in [3.05, 3.63) is 64.4 Å². The summed E-state index contributed by atoms with van der Waals surface area (Å²) in [5.74, 6) is -0.751. The summed E-state index contributed by atoms with van der Waals surface area (Å²) in [4.78, 5) is 28.2. The van der Waals surface area contributed by atoms with E-state index in [0.717, 1.165) is 10.0 Å². The van der Waals surface area contributed by atoms with Crippen LogP contribution in [0.5, 0.6) is 0 Å². The Balaban J connectivity index is 1.66. The summed E-state index contributed by atoms with van der Waals surface area (Å²) < 4.78 is 14.0. The van der Waals surface area contributed by atoms with Crippen molar-refractivity contribution in [2.75, 3.05) is 18.9 Å².